The molecule has 0 unspecified atom stereocenters. The molecule has 0 aromatic carbocycles. The molecule has 0 saturated heterocycles. The molecule has 2 saturated carbocycles. The standard InChI is InChI=1S/C20H28N4O2/c25-18(22-15-6-3-1-2-4-7-15)13-24-11-5-8-17-16(20(24)26)12-21-19(23-17)14-9-10-14/h12,14-15H,1-11,13H2,(H,22,25). The first-order chi connectivity index (χ1) is 12.7. The Balaban J connectivity index is 1.40. The lowest BCUT2D eigenvalue weighted by molar-refractivity contribution is -0.122. The van der Waals surface area contributed by atoms with Crippen molar-refractivity contribution in [2.24, 2.45) is 0 Å². The molecule has 3 aliphatic rings. The quantitative estimate of drug-likeness (QED) is 0.842. The molecule has 0 radical (unpaired) electrons. The van der Waals surface area contributed by atoms with Gasteiger partial charge < -0.3 is 10.2 Å². The summed E-state index contributed by atoms with van der Waals surface area (Å²) in [4.78, 5) is 36.1. The number of hydrogen-bond acceptors (Lipinski definition) is 4. The highest BCUT2D eigenvalue weighted by Crippen LogP contribution is 2.38. The van der Waals surface area contributed by atoms with Gasteiger partial charge >= 0.3 is 0 Å². The summed E-state index contributed by atoms with van der Waals surface area (Å²) >= 11 is 0. The van der Waals surface area contributed by atoms with Gasteiger partial charge in [0.1, 0.15) is 5.82 Å². The first-order valence-corrected chi connectivity index (χ1v) is 10.1. The molecule has 6 nitrogen and oxygen atoms in total. The van der Waals surface area contributed by atoms with Crippen molar-refractivity contribution in [1.29, 1.82) is 0 Å². The van der Waals surface area contributed by atoms with Crippen molar-refractivity contribution in [3.05, 3.63) is 23.3 Å². The van der Waals surface area contributed by atoms with Gasteiger partial charge in [0.2, 0.25) is 5.91 Å². The molecule has 2 aliphatic carbocycles. The molecule has 1 N–H and O–H groups in total. The molecule has 6 heteroatoms. The maximum Gasteiger partial charge on any atom is 0.257 e. The summed E-state index contributed by atoms with van der Waals surface area (Å²) in [6.45, 7) is 0.741. The van der Waals surface area contributed by atoms with Crippen molar-refractivity contribution in [2.75, 3.05) is 13.1 Å². The van der Waals surface area contributed by atoms with Gasteiger partial charge in [0, 0.05) is 24.7 Å². The Morgan fingerprint density at radius 3 is 2.62 bits per heavy atom. The second-order valence-corrected chi connectivity index (χ2v) is 7.95. The Bertz CT molecular complexity index is 678. The van der Waals surface area contributed by atoms with Gasteiger partial charge in [-0.05, 0) is 38.5 Å². The van der Waals surface area contributed by atoms with Crippen LogP contribution in [-0.2, 0) is 11.2 Å². The second kappa shape index (κ2) is 7.72. The van der Waals surface area contributed by atoms with Crippen LogP contribution in [0.4, 0.5) is 0 Å². The van der Waals surface area contributed by atoms with Crippen LogP contribution in [0, 0.1) is 0 Å². The number of nitrogens with zero attached hydrogens (tertiary/aromatic N) is 3. The first kappa shape index (κ1) is 17.4. The van der Waals surface area contributed by atoms with Gasteiger partial charge in [-0.25, -0.2) is 9.97 Å². The van der Waals surface area contributed by atoms with Gasteiger partial charge in [0.15, 0.2) is 0 Å². The van der Waals surface area contributed by atoms with Gasteiger partial charge in [-0.15, -0.1) is 0 Å². The molecule has 4 rings (SSSR count). The number of rotatable bonds is 4. The molecule has 1 aliphatic heterocycles. The minimum atomic E-state index is -0.101. The fourth-order valence-electron chi connectivity index (χ4n) is 4.07. The zero-order valence-electron chi connectivity index (χ0n) is 15.4. The van der Waals surface area contributed by atoms with Crippen LogP contribution >= 0.6 is 0 Å². The maximum absolute atomic E-state index is 12.9. The summed E-state index contributed by atoms with van der Waals surface area (Å²) in [7, 11) is 0. The summed E-state index contributed by atoms with van der Waals surface area (Å²) in [5.74, 6) is 1.23. The number of hydrogen-bond donors (Lipinski definition) is 1. The third-order valence-corrected chi connectivity index (χ3v) is 5.74. The van der Waals surface area contributed by atoms with Gasteiger partial charge in [-0.1, -0.05) is 25.7 Å². The highest BCUT2D eigenvalue weighted by molar-refractivity contribution is 5.97. The number of nitrogens with one attached hydrogen (secondary N) is 1. The lowest BCUT2D eigenvalue weighted by Gasteiger charge is -2.22. The lowest BCUT2D eigenvalue weighted by atomic mass is 10.1. The van der Waals surface area contributed by atoms with Crippen molar-refractivity contribution in [3.63, 3.8) is 0 Å². The van der Waals surface area contributed by atoms with E-state index in [1.54, 1.807) is 11.1 Å². The van der Waals surface area contributed by atoms with Gasteiger partial charge in [-0.3, -0.25) is 9.59 Å². The highest BCUT2D eigenvalue weighted by atomic mass is 16.2. The van der Waals surface area contributed by atoms with Crippen LogP contribution < -0.4 is 5.32 Å². The van der Waals surface area contributed by atoms with E-state index in [-0.39, 0.29) is 24.4 Å². The molecular weight excluding hydrogens is 328 g/mol. The number of amides is 2. The van der Waals surface area contributed by atoms with Crippen LogP contribution in [-0.4, -0.2) is 45.8 Å². The third kappa shape index (κ3) is 4.05. The number of aryl methyl sites for hydroxylation is 1. The zero-order chi connectivity index (χ0) is 17.9. The summed E-state index contributed by atoms with van der Waals surface area (Å²) in [6, 6.07) is 0.267. The van der Waals surface area contributed by atoms with Crippen LogP contribution in [0.2, 0.25) is 0 Å². The van der Waals surface area contributed by atoms with Crippen molar-refractivity contribution >= 4 is 11.8 Å². The van der Waals surface area contributed by atoms with E-state index in [0.29, 0.717) is 18.0 Å². The molecule has 1 aromatic heterocycles. The smallest absolute Gasteiger partial charge is 0.257 e. The van der Waals surface area contributed by atoms with E-state index in [9.17, 15) is 9.59 Å². The number of aromatic nitrogens is 2. The number of fused-ring (bicyclic) bond motifs is 1. The average Bonchev–Trinajstić information content (AvgIpc) is 3.47. The SMILES string of the molecule is O=C(CN1CCCc2nc(C3CC3)ncc2C1=O)NC1CCCCCC1. The van der Waals surface area contributed by atoms with Gasteiger partial charge in [-0.2, -0.15) is 0 Å². The van der Waals surface area contributed by atoms with Crippen LogP contribution in [0.1, 0.15) is 85.6 Å². The predicted molar refractivity (Wildman–Crippen MR) is 97.9 cm³/mol. The maximum atomic E-state index is 12.9. The Labute approximate surface area is 154 Å². The predicted octanol–water partition coefficient (Wildman–Crippen LogP) is 2.58. The normalized spacial score (nSPS) is 21.7. The molecule has 0 bridgehead atoms. The van der Waals surface area contributed by atoms with Crippen LogP contribution in [0.5, 0.6) is 0 Å². The molecule has 2 amide bonds. The van der Waals surface area contributed by atoms with Gasteiger partial charge in [0.05, 0.1) is 17.8 Å². The fraction of sp³-hybridized carbons (Fsp3) is 0.700. The molecule has 26 heavy (non-hydrogen) atoms. The number of carbonyl (C=O) groups excluding carboxylic acids is 2. The molecule has 2 heterocycles. The molecule has 0 atom stereocenters. The van der Waals surface area contributed by atoms with Crippen LogP contribution in [0.15, 0.2) is 6.20 Å². The summed E-state index contributed by atoms with van der Waals surface area (Å²) < 4.78 is 0. The minimum absolute atomic E-state index is 0.0378. The molecule has 140 valence electrons. The minimum Gasteiger partial charge on any atom is -0.352 e. The van der Waals surface area contributed by atoms with E-state index >= 15 is 0 Å². The van der Waals surface area contributed by atoms with E-state index in [1.165, 1.54) is 25.7 Å². The topological polar surface area (TPSA) is 75.2 Å². The van der Waals surface area contributed by atoms with E-state index < -0.39 is 0 Å². The molecular formula is C20H28N4O2. The fourth-order valence-corrected chi connectivity index (χ4v) is 4.07. The van der Waals surface area contributed by atoms with E-state index in [0.717, 1.165) is 50.0 Å². The summed E-state index contributed by atoms with van der Waals surface area (Å²) in [6.07, 6.45) is 12.6. The summed E-state index contributed by atoms with van der Waals surface area (Å²) in [5.41, 5.74) is 1.44. The third-order valence-electron chi connectivity index (χ3n) is 5.74. The largest absolute Gasteiger partial charge is 0.352 e. The van der Waals surface area contributed by atoms with Crippen molar-refractivity contribution < 1.29 is 9.59 Å². The van der Waals surface area contributed by atoms with Crippen molar-refractivity contribution in [3.8, 4) is 0 Å². The zero-order valence-corrected chi connectivity index (χ0v) is 15.4. The summed E-state index contributed by atoms with van der Waals surface area (Å²) in [5, 5.41) is 3.14. The number of carbonyl (C=O) groups is 2. The van der Waals surface area contributed by atoms with Crippen LogP contribution in [0.25, 0.3) is 0 Å². The molecule has 1 aromatic rings. The van der Waals surface area contributed by atoms with Crippen molar-refractivity contribution in [2.45, 2.75) is 76.2 Å². The Kier molecular flexibility index (Phi) is 5.18. The average molecular weight is 356 g/mol. The highest BCUT2D eigenvalue weighted by Gasteiger charge is 2.30. The molecule has 0 spiro atoms. The molecule has 2 fully saturated rings. The Morgan fingerprint density at radius 2 is 1.88 bits per heavy atom. The van der Waals surface area contributed by atoms with Crippen LogP contribution in [0.3, 0.4) is 0 Å². The lowest BCUT2D eigenvalue weighted by Crippen LogP contribution is -2.44. The Morgan fingerprint density at radius 1 is 1.12 bits per heavy atom. The second-order valence-electron chi connectivity index (χ2n) is 7.95. The Hall–Kier alpha value is -1.98. The monoisotopic (exact) mass is 356 g/mol. The van der Waals surface area contributed by atoms with E-state index in [4.69, 9.17) is 0 Å². The van der Waals surface area contributed by atoms with Crippen molar-refractivity contribution in [1.82, 2.24) is 20.2 Å². The van der Waals surface area contributed by atoms with E-state index in [2.05, 4.69) is 15.3 Å². The van der Waals surface area contributed by atoms with E-state index in [1.807, 2.05) is 0 Å². The first-order valence-electron chi connectivity index (χ1n) is 10.1. The van der Waals surface area contributed by atoms with Gasteiger partial charge in [0.25, 0.3) is 5.91 Å².